The largest absolute Gasteiger partial charge is 0.318 e. The van der Waals surface area contributed by atoms with Gasteiger partial charge in [0, 0.05) is 0 Å². The molecule has 0 radical (unpaired) electrons. The minimum Gasteiger partial charge on any atom is -0.318 e. The summed E-state index contributed by atoms with van der Waals surface area (Å²) >= 11 is 0. The monoisotopic (exact) mass is 251 g/mol. The highest BCUT2D eigenvalue weighted by Crippen LogP contribution is 2.39. The second-order valence-corrected chi connectivity index (χ2v) is 5.58. The summed E-state index contributed by atoms with van der Waals surface area (Å²) in [5.41, 5.74) is 11.8. The Hall–Kier alpha value is -1.60. The Morgan fingerprint density at radius 2 is 1.79 bits per heavy atom. The predicted octanol–water partition coefficient (Wildman–Crippen LogP) is 3.79. The van der Waals surface area contributed by atoms with Crippen molar-refractivity contribution >= 4 is 0 Å². The van der Waals surface area contributed by atoms with Crippen LogP contribution in [-0.4, -0.2) is 0 Å². The van der Waals surface area contributed by atoms with E-state index in [1.165, 1.54) is 28.7 Å². The molecule has 1 unspecified atom stereocenters. The second kappa shape index (κ2) is 4.82. The maximum atomic E-state index is 6.72. The van der Waals surface area contributed by atoms with E-state index in [4.69, 9.17) is 5.73 Å². The molecular weight excluding hydrogens is 230 g/mol. The van der Waals surface area contributed by atoms with Crippen molar-refractivity contribution in [3.05, 3.63) is 70.8 Å². The van der Waals surface area contributed by atoms with Gasteiger partial charge in [0.25, 0.3) is 0 Å². The first-order chi connectivity index (χ1) is 9.24. The highest BCUT2D eigenvalue weighted by Gasteiger charge is 2.36. The zero-order valence-corrected chi connectivity index (χ0v) is 11.5. The molecule has 0 fully saturated rings. The van der Waals surface area contributed by atoms with Crippen LogP contribution in [-0.2, 0) is 18.4 Å². The second-order valence-electron chi connectivity index (χ2n) is 5.58. The summed E-state index contributed by atoms with van der Waals surface area (Å²) in [6.45, 7) is 2.21. The minimum absolute atomic E-state index is 0.290. The summed E-state index contributed by atoms with van der Waals surface area (Å²) in [4.78, 5) is 0. The first kappa shape index (κ1) is 12.4. The maximum absolute atomic E-state index is 6.72. The SMILES string of the molecule is CCCc1ccc(C2(N)CCc3ccccc32)cc1. The zero-order valence-electron chi connectivity index (χ0n) is 11.5. The summed E-state index contributed by atoms with van der Waals surface area (Å²) in [6.07, 6.45) is 4.44. The molecule has 0 amide bonds. The van der Waals surface area contributed by atoms with Crippen LogP contribution in [0.15, 0.2) is 48.5 Å². The Morgan fingerprint density at radius 3 is 2.53 bits per heavy atom. The fourth-order valence-corrected chi connectivity index (χ4v) is 3.20. The van der Waals surface area contributed by atoms with Crippen LogP contribution in [0.3, 0.4) is 0 Å². The topological polar surface area (TPSA) is 26.0 Å². The number of aryl methyl sites for hydroxylation is 2. The van der Waals surface area contributed by atoms with Crippen molar-refractivity contribution in [3.63, 3.8) is 0 Å². The van der Waals surface area contributed by atoms with E-state index in [0.717, 1.165) is 19.3 Å². The lowest BCUT2D eigenvalue weighted by molar-refractivity contribution is 0.534. The molecule has 98 valence electrons. The smallest absolute Gasteiger partial charge is 0.0671 e. The number of benzene rings is 2. The zero-order chi connectivity index (χ0) is 13.3. The number of hydrogen-bond donors (Lipinski definition) is 1. The number of nitrogens with two attached hydrogens (primary N) is 1. The van der Waals surface area contributed by atoms with Crippen LogP contribution in [0.2, 0.25) is 0 Å². The van der Waals surface area contributed by atoms with Gasteiger partial charge in [-0.15, -0.1) is 0 Å². The van der Waals surface area contributed by atoms with Crippen molar-refractivity contribution in [1.29, 1.82) is 0 Å². The van der Waals surface area contributed by atoms with Crippen LogP contribution in [0.5, 0.6) is 0 Å². The minimum atomic E-state index is -0.290. The molecule has 1 atom stereocenters. The van der Waals surface area contributed by atoms with Crippen LogP contribution < -0.4 is 5.73 Å². The van der Waals surface area contributed by atoms with Crippen molar-refractivity contribution in [3.8, 4) is 0 Å². The first-order valence-electron chi connectivity index (χ1n) is 7.21. The summed E-state index contributed by atoms with van der Waals surface area (Å²) in [5, 5.41) is 0. The van der Waals surface area contributed by atoms with E-state index >= 15 is 0 Å². The van der Waals surface area contributed by atoms with Crippen LogP contribution in [0.1, 0.15) is 42.0 Å². The Balaban J connectivity index is 1.98. The maximum Gasteiger partial charge on any atom is 0.0671 e. The molecule has 2 aromatic rings. The molecule has 1 heteroatoms. The molecule has 0 aromatic heterocycles. The van der Waals surface area contributed by atoms with Gasteiger partial charge in [-0.2, -0.15) is 0 Å². The van der Waals surface area contributed by atoms with Gasteiger partial charge in [-0.05, 0) is 41.5 Å². The molecule has 3 rings (SSSR count). The highest BCUT2D eigenvalue weighted by molar-refractivity contribution is 5.47. The Kier molecular flexibility index (Phi) is 3.16. The van der Waals surface area contributed by atoms with E-state index in [1.807, 2.05) is 0 Å². The third-order valence-electron chi connectivity index (χ3n) is 4.29. The van der Waals surface area contributed by atoms with Crippen LogP contribution in [0.25, 0.3) is 0 Å². The molecule has 0 spiro atoms. The van der Waals surface area contributed by atoms with Gasteiger partial charge >= 0.3 is 0 Å². The number of hydrogen-bond acceptors (Lipinski definition) is 1. The summed E-state index contributed by atoms with van der Waals surface area (Å²) < 4.78 is 0. The molecule has 0 saturated heterocycles. The predicted molar refractivity (Wildman–Crippen MR) is 80.2 cm³/mol. The highest BCUT2D eigenvalue weighted by atomic mass is 14.8. The van der Waals surface area contributed by atoms with E-state index < -0.39 is 0 Å². The fourth-order valence-electron chi connectivity index (χ4n) is 3.20. The lowest BCUT2D eigenvalue weighted by Crippen LogP contribution is -2.35. The molecule has 1 aliphatic rings. The van der Waals surface area contributed by atoms with Gasteiger partial charge in [0.15, 0.2) is 0 Å². The van der Waals surface area contributed by atoms with Gasteiger partial charge in [-0.25, -0.2) is 0 Å². The molecule has 0 saturated carbocycles. The Labute approximate surface area is 115 Å². The van der Waals surface area contributed by atoms with Gasteiger partial charge in [-0.3, -0.25) is 0 Å². The number of rotatable bonds is 3. The van der Waals surface area contributed by atoms with Crippen molar-refractivity contribution in [1.82, 2.24) is 0 Å². The van der Waals surface area contributed by atoms with Gasteiger partial charge in [0.1, 0.15) is 0 Å². The van der Waals surface area contributed by atoms with Crippen molar-refractivity contribution in [2.75, 3.05) is 0 Å². The average Bonchev–Trinajstić information content (AvgIpc) is 2.80. The lowest BCUT2D eigenvalue weighted by atomic mass is 9.85. The fraction of sp³-hybridized carbons (Fsp3) is 0.333. The Bertz CT molecular complexity index is 570. The van der Waals surface area contributed by atoms with Crippen molar-refractivity contribution in [2.24, 2.45) is 5.73 Å². The quantitative estimate of drug-likeness (QED) is 0.882. The summed E-state index contributed by atoms with van der Waals surface area (Å²) in [5.74, 6) is 0. The van der Waals surface area contributed by atoms with Crippen molar-refractivity contribution < 1.29 is 0 Å². The van der Waals surface area contributed by atoms with Crippen LogP contribution in [0.4, 0.5) is 0 Å². The lowest BCUT2D eigenvalue weighted by Gasteiger charge is -2.26. The molecule has 0 bridgehead atoms. The number of fused-ring (bicyclic) bond motifs is 1. The van der Waals surface area contributed by atoms with Gasteiger partial charge in [0.05, 0.1) is 5.54 Å². The molecule has 19 heavy (non-hydrogen) atoms. The van der Waals surface area contributed by atoms with Gasteiger partial charge in [-0.1, -0.05) is 61.9 Å². The Morgan fingerprint density at radius 1 is 1.05 bits per heavy atom. The molecule has 1 nitrogen and oxygen atoms in total. The molecule has 0 aliphatic heterocycles. The molecular formula is C18H21N. The molecule has 1 aliphatic carbocycles. The van der Waals surface area contributed by atoms with Crippen molar-refractivity contribution in [2.45, 2.75) is 38.1 Å². The van der Waals surface area contributed by atoms with Crippen LogP contribution >= 0.6 is 0 Å². The van der Waals surface area contributed by atoms with Crippen LogP contribution in [0, 0.1) is 0 Å². The van der Waals surface area contributed by atoms with E-state index in [1.54, 1.807) is 0 Å². The van der Waals surface area contributed by atoms with E-state index in [9.17, 15) is 0 Å². The average molecular weight is 251 g/mol. The molecule has 0 heterocycles. The molecule has 2 aromatic carbocycles. The third-order valence-corrected chi connectivity index (χ3v) is 4.29. The molecule has 2 N–H and O–H groups in total. The third kappa shape index (κ3) is 2.08. The standard InChI is InChI=1S/C18H21N/c1-2-5-14-8-10-16(11-9-14)18(19)13-12-15-6-3-4-7-17(15)18/h3-4,6-11H,2,5,12-13,19H2,1H3. The first-order valence-corrected chi connectivity index (χ1v) is 7.21. The summed E-state index contributed by atoms with van der Waals surface area (Å²) in [6, 6.07) is 17.5. The van der Waals surface area contributed by atoms with E-state index in [2.05, 4.69) is 55.5 Å². The summed E-state index contributed by atoms with van der Waals surface area (Å²) in [7, 11) is 0. The van der Waals surface area contributed by atoms with Gasteiger partial charge in [0.2, 0.25) is 0 Å². The van der Waals surface area contributed by atoms with E-state index in [0.29, 0.717) is 0 Å². The normalized spacial score (nSPS) is 21.4. The van der Waals surface area contributed by atoms with Gasteiger partial charge < -0.3 is 5.73 Å². The van der Waals surface area contributed by atoms with E-state index in [-0.39, 0.29) is 5.54 Å².